The Morgan fingerprint density at radius 2 is 1.50 bits per heavy atom. The Kier molecular flexibility index (Phi) is 10.3. The fraction of sp³-hybridized carbons (Fsp3) is 0.333. The highest BCUT2D eigenvalue weighted by atomic mass is 35.5. The number of aryl methyl sites for hydroxylation is 3. The minimum absolute atomic E-state index is 0.0210. The largest absolute Gasteiger partial charge is 0.352 e. The Morgan fingerprint density at radius 3 is 2.08 bits per heavy atom. The number of halogens is 2. The second kappa shape index (κ2) is 13.1. The number of nitrogens with zero attached hydrogens (tertiary/aromatic N) is 2. The topological polar surface area (TPSA) is 86.8 Å². The summed E-state index contributed by atoms with van der Waals surface area (Å²) in [6.45, 7) is 10.3. The maximum absolute atomic E-state index is 14.0. The molecular weight excluding hydrogens is 569 g/mol. The number of anilines is 1. The number of sulfonamides is 1. The monoisotopic (exact) mass is 603 g/mol. The normalized spacial score (nSPS) is 12.2. The third-order valence-electron chi connectivity index (χ3n) is 6.46. The number of hydrogen-bond acceptors (Lipinski definition) is 4. The minimum atomic E-state index is -4.14. The van der Waals surface area contributed by atoms with Gasteiger partial charge in [0.15, 0.2) is 0 Å². The van der Waals surface area contributed by atoms with Crippen molar-refractivity contribution in [2.75, 3.05) is 10.8 Å². The van der Waals surface area contributed by atoms with Crippen LogP contribution in [0.2, 0.25) is 10.0 Å². The molecule has 214 valence electrons. The van der Waals surface area contributed by atoms with Gasteiger partial charge in [0.25, 0.3) is 10.0 Å². The molecule has 0 aliphatic rings. The van der Waals surface area contributed by atoms with E-state index in [9.17, 15) is 18.0 Å². The summed E-state index contributed by atoms with van der Waals surface area (Å²) in [4.78, 5) is 28.5. The van der Waals surface area contributed by atoms with E-state index in [4.69, 9.17) is 23.2 Å². The standard InChI is InChI=1S/C30H35Cl2N3O4S/c1-19(2)33-30(37)23(6)34(17-24-10-11-25(31)16-27(24)32)29(36)18-35(28-14-9-21(4)15-22(28)5)40(38,39)26-12-7-20(3)8-13-26/h7-16,19,23H,17-18H2,1-6H3,(H,33,37)/t23-/m1/s1. The lowest BCUT2D eigenvalue weighted by Gasteiger charge is -2.33. The van der Waals surface area contributed by atoms with Crippen LogP contribution in [0.5, 0.6) is 0 Å². The van der Waals surface area contributed by atoms with Gasteiger partial charge in [0.1, 0.15) is 12.6 Å². The fourth-order valence-electron chi connectivity index (χ4n) is 4.26. The van der Waals surface area contributed by atoms with Gasteiger partial charge >= 0.3 is 0 Å². The Hall–Kier alpha value is -3.07. The molecule has 0 heterocycles. The number of nitrogens with one attached hydrogen (secondary N) is 1. The van der Waals surface area contributed by atoms with Crippen molar-refractivity contribution in [3.05, 3.63) is 93.0 Å². The molecule has 0 unspecified atom stereocenters. The molecule has 1 N–H and O–H groups in total. The number of benzene rings is 3. The highest BCUT2D eigenvalue weighted by Gasteiger charge is 2.33. The summed E-state index contributed by atoms with van der Waals surface area (Å²) in [5.74, 6) is -0.930. The van der Waals surface area contributed by atoms with Crippen molar-refractivity contribution in [3.63, 3.8) is 0 Å². The van der Waals surface area contributed by atoms with E-state index in [0.29, 0.717) is 26.9 Å². The molecule has 10 heteroatoms. The summed E-state index contributed by atoms with van der Waals surface area (Å²) in [7, 11) is -4.14. The van der Waals surface area contributed by atoms with Crippen LogP contribution in [0.3, 0.4) is 0 Å². The zero-order valence-corrected chi connectivity index (χ0v) is 25.9. The van der Waals surface area contributed by atoms with Crippen LogP contribution in [0.1, 0.15) is 43.0 Å². The Morgan fingerprint density at radius 1 is 0.875 bits per heavy atom. The Labute approximate surface area is 247 Å². The predicted octanol–water partition coefficient (Wildman–Crippen LogP) is 6.06. The average Bonchev–Trinajstić information content (AvgIpc) is 2.86. The lowest BCUT2D eigenvalue weighted by Crippen LogP contribution is -2.52. The maximum atomic E-state index is 14.0. The van der Waals surface area contributed by atoms with Crippen LogP contribution < -0.4 is 9.62 Å². The van der Waals surface area contributed by atoms with Crippen LogP contribution in [0.4, 0.5) is 5.69 Å². The smallest absolute Gasteiger partial charge is 0.264 e. The van der Waals surface area contributed by atoms with Crippen LogP contribution in [0.25, 0.3) is 0 Å². The first kappa shape index (κ1) is 31.5. The average molecular weight is 605 g/mol. The van der Waals surface area contributed by atoms with Crippen molar-refractivity contribution < 1.29 is 18.0 Å². The van der Waals surface area contributed by atoms with Crippen LogP contribution in [-0.2, 0) is 26.2 Å². The SMILES string of the molecule is Cc1ccc(S(=O)(=O)N(CC(=O)N(Cc2ccc(Cl)cc2Cl)[C@H](C)C(=O)NC(C)C)c2ccc(C)cc2C)cc1. The highest BCUT2D eigenvalue weighted by Crippen LogP contribution is 2.29. The second-order valence-corrected chi connectivity index (χ2v) is 12.9. The third kappa shape index (κ3) is 7.56. The van der Waals surface area contributed by atoms with Crippen molar-refractivity contribution in [2.24, 2.45) is 0 Å². The van der Waals surface area contributed by atoms with Gasteiger partial charge in [-0.1, -0.05) is 64.7 Å². The first-order valence-electron chi connectivity index (χ1n) is 12.9. The van der Waals surface area contributed by atoms with Crippen molar-refractivity contribution >= 4 is 50.7 Å². The van der Waals surface area contributed by atoms with Crippen molar-refractivity contribution in [3.8, 4) is 0 Å². The molecule has 0 spiro atoms. The Balaban J connectivity index is 2.09. The number of carbonyl (C=O) groups excluding carboxylic acids is 2. The van der Waals surface area contributed by atoms with Gasteiger partial charge in [0, 0.05) is 22.6 Å². The highest BCUT2D eigenvalue weighted by molar-refractivity contribution is 7.92. The molecule has 3 rings (SSSR count). The van der Waals surface area contributed by atoms with Gasteiger partial charge in [-0.2, -0.15) is 0 Å². The molecule has 0 aliphatic carbocycles. The molecule has 1 atom stereocenters. The molecule has 0 bridgehead atoms. The van der Waals surface area contributed by atoms with Gasteiger partial charge in [-0.05, 0) is 83.0 Å². The van der Waals surface area contributed by atoms with E-state index < -0.39 is 28.5 Å². The molecule has 40 heavy (non-hydrogen) atoms. The Bertz CT molecular complexity index is 1490. The predicted molar refractivity (Wildman–Crippen MR) is 161 cm³/mol. The van der Waals surface area contributed by atoms with Crippen molar-refractivity contribution in [2.45, 2.75) is 65.1 Å². The summed E-state index contributed by atoms with van der Waals surface area (Å²) in [6.07, 6.45) is 0. The van der Waals surface area contributed by atoms with E-state index in [0.717, 1.165) is 15.4 Å². The van der Waals surface area contributed by atoms with Crippen LogP contribution >= 0.6 is 23.2 Å². The molecule has 2 amide bonds. The quantitative estimate of drug-likeness (QED) is 0.305. The van der Waals surface area contributed by atoms with Crippen LogP contribution in [0, 0.1) is 20.8 Å². The fourth-order valence-corrected chi connectivity index (χ4v) is 6.20. The first-order chi connectivity index (χ1) is 18.7. The molecule has 0 fully saturated rings. The van der Waals surface area contributed by atoms with E-state index in [1.165, 1.54) is 17.0 Å². The minimum Gasteiger partial charge on any atom is -0.352 e. The van der Waals surface area contributed by atoms with Gasteiger partial charge in [-0.3, -0.25) is 13.9 Å². The van der Waals surface area contributed by atoms with E-state index >= 15 is 0 Å². The zero-order chi connectivity index (χ0) is 29.8. The maximum Gasteiger partial charge on any atom is 0.264 e. The van der Waals surface area contributed by atoms with Gasteiger partial charge in [-0.25, -0.2) is 8.42 Å². The third-order valence-corrected chi connectivity index (χ3v) is 8.82. The summed E-state index contributed by atoms with van der Waals surface area (Å²) >= 11 is 12.5. The molecule has 0 saturated heterocycles. The number of carbonyl (C=O) groups is 2. The molecular formula is C30H35Cl2N3O4S. The lowest BCUT2D eigenvalue weighted by molar-refractivity contribution is -0.139. The molecule has 0 aliphatic heterocycles. The van der Waals surface area contributed by atoms with Gasteiger partial charge in [0.05, 0.1) is 10.6 Å². The second-order valence-electron chi connectivity index (χ2n) is 10.2. The molecule has 0 radical (unpaired) electrons. The van der Waals surface area contributed by atoms with Gasteiger partial charge < -0.3 is 10.2 Å². The van der Waals surface area contributed by atoms with E-state index in [1.807, 2.05) is 33.8 Å². The van der Waals surface area contributed by atoms with E-state index in [1.54, 1.807) is 56.3 Å². The number of rotatable bonds is 10. The summed E-state index contributed by atoms with van der Waals surface area (Å²) in [5, 5.41) is 3.60. The van der Waals surface area contributed by atoms with Crippen molar-refractivity contribution in [1.29, 1.82) is 0 Å². The lowest BCUT2D eigenvalue weighted by atomic mass is 10.1. The van der Waals surface area contributed by atoms with Crippen molar-refractivity contribution in [1.82, 2.24) is 10.2 Å². The molecule has 3 aromatic carbocycles. The number of amides is 2. The molecule has 7 nitrogen and oxygen atoms in total. The van der Waals surface area contributed by atoms with E-state index in [2.05, 4.69) is 5.32 Å². The number of hydrogen-bond donors (Lipinski definition) is 1. The zero-order valence-electron chi connectivity index (χ0n) is 23.5. The van der Waals surface area contributed by atoms with Crippen LogP contribution in [0.15, 0.2) is 65.6 Å². The summed E-state index contributed by atoms with van der Waals surface area (Å²) in [5.41, 5.74) is 3.51. The molecule has 3 aromatic rings. The van der Waals surface area contributed by atoms with E-state index in [-0.39, 0.29) is 23.4 Å². The van der Waals surface area contributed by atoms with Gasteiger partial charge in [0.2, 0.25) is 11.8 Å². The summed E-state index contributed by atoms with van der Waals surface area (Å²) < 4.78 is 29.1. The summed E-state index contributed by atoms with van der Waals surface area (Å²) in [6, 6.07) is 15.6. The van der Waals surface area contributed by atoms with Crippen LogP contribution in [-0.4, -0.2) is 43.8 Å². The van der Waals surface area contributed by atoms with Gasteiger partial charge in [-0.15, -0.1) is 0 Å². The first-order valence-corrected chi connectivity index (χ1v) is 15.1. The molecule has 0 saturated carbocycles. The molecule has 0 aromatic heterocycles.